The minimum Gasteiger partial charge on any atom is -0.396 e. The van der Waals surface area contributed by atoms with E-state index < -0.39 is 0 Å². The smallest absolute Gasteiger partial charge is 0.0568 e. The molecule has 0 amide bonds. The zero-order valence-electron chi connectivity index (χ0n) is 9.84. The summed E-state index contributed by atoms with van der Waals surface area (Å²) in [5.74, 6) is 0.705. The minimum atomic E-state index is 0.207. The van der Waals surface area contributed by atoms with Gasteiger partial charge in [-0.05, 0) is 25.7 Å². The van der Waals surface area contributed by atoms with Gasteiger partial charge >= 0.3 is 0 Å². The normalized spacial score (nSPS) is 12.2. The van der Waals surface area contributed by atoms with Gasteiger partial charge in [-0.25, -0.2) is 0 Å². The van der Waals surface area contributed by atoms with Gasteiger partial charge in [0.1, 0.15) is 0 Å². The lowest BCUT2D eigenvalue weighted by atomic mass is 10.1. The van der Waals surface area contributed by atoms with Crippen molar-refractivity contribution in [1.29, 1.82) is 0 Å². The van der Waals surface area contributed by atoms with Crippen molar-refractivity contribution in [1.82, 2.24) is 0 Å². The van der Waals surface area contributed by atoms with Gasteiger partial charge in [0.25, 0.3) is 0 Å². The Kier molecular flexibility index (Phi) is 14.1. The molecular weight excluding hydrogens is 164 g/mol. The second kappa shape index (κ2) is 11.9. The molecule has 0 saturated carbocycles. The fourth-order valence-electron chi connectivity index (χ4n) is 0.770. The van der Waals surface area contributed by atoms with E-state index in [0.717, 1.165) is 19.4 Å². The van der Waals surface area contributed by atoms with E-state index >= 15 is 0 Å². The number of hydrogen-bond acceptors (Lipinski definition) is 2. The highest BCUT2D eigenvalue weighted by Crippen LogP contribution is 2.02. The minimum absolute atomic E-state index is 0.207. The van der Waals surface area contributed by atoms with Crippen LogP contribution in [0, 0.1) is 5.92 Å². The lowest BCUT2D eigenvalue weighted by molar-refractivity contribution is 0.0420. The molecule has 0 spiro atoms. The Morgan fingerprint density at radius 1 is 1.08 bits per heavy atom. The molecule has 0 saturated heterocycles. The summed E-state index contributed by atoms with van der Waals surface area (Å²) >= 11 is 0. The summed E-state index contributed by atoms with van der Waals surface area (Å²) in [6, 6.07) is 0. The van der Waals surface area contributed by atoms with Crippen molar-refractivity contribution >= 4 is 0 Å². The molecule has 0 rings (SSSR count). The second-order valence-corrected chi connectivity index (χ2v) is 3.38. The molecule has 0 aromatic rings. The van der Waals surface area contributed by atoms with Crippen LogP contribution >= 0.6 is 0 Å². The monoisotopic (exact) mass is 190 g/mol. The molecule has 0 aliphatic rings. The van der Waals surface area contributed by atoms with Gasteiger partial charge in [0.15, 0.2) is 0 Å². The van der Waals surface area contributed by atoms with E-state index in [-0.39, 0.29) is 12.7 Å². The van der Waals surface area contributed by atoms with Gasteiger partial charge in [-0.2, -0.15) is 0 Å². The summed E-state index contributed by atoms with van der Waals surface area (Å²) in [5, 5.41) is 8.57. The van der Waals surface area contributed by atoms with Crippen molar-refractivity contribution in [2.24, 2.45) is 5.92 Å². The third kappa shape index (κ3) is 14.7. The van der Waals surface area contributed by atoms with Gasteiger partial charge in [-0.15, -0.1) is 0 Å². The highest BCUT2D eigenvalue weighted by Gasteiger charge is 2.00. The van der Waals surface area contributed by atoms with Gasteiger partial charge < -0.3 is 9.84 Å². The summed E-state index contributed by atoms with van der Waals surface area (Å²) < 4.78 is 5.43. The van der Waals surface area contributed by atoms with Crippen LogP contribution in [0.15, 0.2) is 0 Å². The van der Waals surface area contributed by atoms with E-state index in [4.69, 9.17) is 9.84 Å². The molecule has 0 radical (unpaired) electrons. The van der Waals surface area contributed by atoms with Crippen LogP contribution in [-0.2, 0) is 4.74 Å². The Hall–Kier alpha value is -0.0800. The Morgan fingerprint density at radius 2 is 1.62 bits per heavy atom. The van der Waals surface area contributed by atoms with Crippen molar-refractivity contribution in [2.75, 3.05) is 13.2 Å². The predicted octanol–water partition coefficient (Wildman–Crippen LogP) is 2.85. The van der Waals surface area contributed by atoms with Gasteiger partial charge in [0.2, 0.25) is 0 Å². The van der Waals surface area contributed by atoms with E-state index in [2.05, 4.69) is 13.8 Å². The summed E-state index contributed by atoms with van der Waals surface area (Å²) in [6.45, 7) is 11.4. The van der Waals surface area contributed by atoms with Crippen LogP contribution in [0.3, 0.4) is 0 Å². The maximum Gasteiger partial charge on any atom is 0.0568 e. The summed E-state index contributed by atoms with van der Waals surface area (Å²) in [7, 11) is 0. The number of ether oxygens (including phenoxy) is 1. The second-order valence-electron chi connectivity index (χ2n) is 3.38. The maximum atomic E-state index is 8.57. The summed E-state index contributed by atoms with van der Waals surface area (Å²) in [4.78, 5) is 0. The summed E-state index contributed by atoms with van der Waals surface area (Å²) in [5.41, 5.74) is 0. The van der Waals surface area contributed by atoms with Gasteiger partial charge in [0.05, 0.1) is 6.10 Å². The number of aliphatic hydroxyl groups excluding tert-OH is 1. The zero-order chi connectivity index (χ0) is 10.7. The fourth-order valence-corrected chi connectivity index (χ4v) is 0.770. The van der Waals surface area contributed by atoms with Crippen LogP contribution in [0.2, 0.25) is 0 Å². The number of hydrogen-bond donors (Lipinski definition) is 1. The molecule has 1 unspecified atom stereocenters. The van der Waals surface area contributed by atoms with Crippen LogP contribution in [-0.4, -0.2) is 24.4 Å². The fraction of sp³-hybridized carbons (Fsp3) is 1.00. The molecule has 0 aliphatic carbocycles. The van der Waals surface area contributed by atoms with Crippen LogP contribution in [0.5, 0.6) is 0 Å². The molecule has 0 fully saturated rings. The van der Waals surface area contributed by atoms with E-state index in [0.29, 0.717) is 5.92 Å². The van der Waals surface area contributed by atoms with Gasteiger partial charge in [-0.3, -0.25) is 0 Å². The number of aliphatic hydroxyl groups is 1. The van der Waals surface area contributed by atoms with Crippen molar-refractivity contribution < 1.29 is 9.84 Å². The first kappa shape index (κ1) is 15.4. The van der Waals surface area contributed by atoms with E-state index in [1.165, 1.54) is 0 Å². The quantitative estimate of drug-likeness (QED) is 0.698. The largest absolute Gasteiger partial charge is 0.396 e. The predicted molar refractivity (Wildman–Crippen MR) is 57.9 cm³/mol. The molecule has 0 aromatic heterocycles. The lowest BCUT2D eigenvalue weighted by Gasteiger charge is -2.12. The molecule has 1 atom stereocenters. The van der Waals surface area contributed by atoms with E-state index in [1.807, 2.05) is 20.8 Å². The molecule has 2 nitrogen and oxygen atoms in total. The first-order valence-corrected chi connectivity index (χ1v) is 5.39. The lowest BCUT2D eigenvalue weighted by Crippen LogP contribution is -2.11. The third-order valence-corrected chi connectivity index (χ3v) is 1.63. The van der Waals surface area contributed by atoms with Gasteiger partial charge in [0, 0.05) is 13.2 Å². The molecule has 82 valence electrons. The van der Waals surface area contributed by atoms with Crippen LogP contribution in [0.4, 0.5) is 0 Å². The SMILES string of the molecule is CC.CC(C)CCOC(C)CCO. The van der Waals surface area contributed by atoms with Crippen LogP contribution in [0.25, 0.3) is 0 Å². The number of rotatable bonds is 6. The van der Waals surface area contributed by atoms with Crippen molar-refractivity contribution in [3.8, 4) is 0 Å². The topological polar surface area (TPSA) is 29.5 Å². The maximum absolute atomic E-state index is 8.57. The summed E-state index contributed by atoms with van der Waals surface area (Å²) in [6.07, 6.45) is 2.06. The molecule has 0 heterocycles. The molecule has 0 aliphatic heterocycles. The molecule has 0 bridgehead atoms. The zero-order valence-corrected chi connectivity index (χ0v) is 9.84. The Morgan fingerprint density at radius 3 is 2.00 bits per heavy atom. The highest BCUT2D eigenvalue weighted by atomic mass is 16.5. The molecular formula is C11H26O2. The van der Waals surface area contributed by atoms with Crippen molar-refractivity contribution in [3.05, 3.63) is 0 Å². The molecule has 0 aromatic carbocycles. The molecule has 1 N–H and O–H groups in total. The van der Waals surface area contributed by atoms with Gasteiger partial charge in [-0.1, -0.05) is 27.7 Å². The Labute approximate surface area is 83.3 Å². The first-order valence-electron chi connectivity index (χ1n) is 5.39. The Bertz CT molecular complexity index is 82.2. The van der Waals surface area contributed by atoms with Crippen LogP contribution < -0.4 is 0 Å². The van der Waals surface area contributed by atoms with E-state index in [1.54, 1.807) is 0 Å². The van der Waals surface area contributed by atoms with Crippen molar-refractivity contribution in [2.45, 2.75) is 53.6 Å². The highest BCUT2D eigenvalue weighted by molar-refractivity contribution is 4.49. The third-order valence-electron chi connectivity index (χ3n) is 1.63. The molecule has 2 heteroatoms. The van der Waals surface area contributed by atoms with E-state index in [9.17, 15) is 0 Å². The standard InChI is InChI=1S/C9H20O2.C2H6/c1-8(2)5-7-11-9(3)4-6-10;1-2/h8-10H,4-7H2,1-3H3;1-2H3. The molecule has 13 heavy (non-hydrogen) atoms. The van der Waals surface area contributed by atoms with Crippen molar-refractivity contribution in [3.63, 3.8) is 0 Å². The Balaban J connectivity index is 0. The average Bonchev–Trinajstić information content (AvgIpc) is 2.08. The first-order chi connectivity index (χ1) is 6.16. The average molecular weight is 190 g/mol. The van der Waals surface area contributed by atoms with Crippen LogP contribution in [0.1, 0.15) is 47.5 Å².